The SMILES string of the molecule is CCOc1ccc(-c2noc(C3=C(C)N(c4ccccc4)C(=O)NC3c3ccccc3)n2)cc1. The summed E-state index contributed by atoms with van der Waals surface area (Å²) >= 11 is 0. The number of anilines is 1. The van der Waals surface area contributed by atoms with Crippen LogP contribution in [0.1, 0.15) is 31.3 Å². The second-order valence-electron chi connectivity index (χ2n) is 7.84. The van der Waals surface area contributed by atoms with Crippen LogP contribution in [-0.2, 0) is 0 Å². The van der Waals surface area contributed by atoms with Gasteiger partial charge in [-0.1, -0.05) is 53.7 Å². The molecular formula is C27H24N4O3. The van der Waals surface area contributed by atoms with Crippen molar-refractivity contribution in [3.63, 3.8) is 0 Å². The Labute approximate surface area is 197 Å². The zero-order valence-corrected chi connectivity index (χ0v) is 18.9. The van der Waals surface area contributed by atoms with E-state index in [1.807, 2.05) is 98.8 Å². The van der Waals surface area contributed by atoms with Gasteiger partial charge < -0.3 is 14.6 Å². The number of nitrogens with zero attached hydrogens (tertiary/aromatic N) is 3. The average Bonchev–Trinajstić information content (AvgIpc) is 3.35. The lowest BCUT2D eigenvalue weighted by Gasteiger charge is -2.35. The number of carbonyl (C=O) groups is 1. The van der Waals surface area contributed by atoms with Gasteiger partial charge >= 0.3 is 6.03 Å². The number of aromatic nitrogens is 2. The number of nitrogens with one attached hydrogen (secondary N) is 1. The fraction of sp³-hybridized carbons (Fsp3) is 0.148. The summed E-state index contributed by atoms with van der Waals surface area (Å²) in [6.07, 6.45) is 0. The highest BCUT2D eigenvalue weighted by atomic mass is 16.5. The topological polar surface area (TPSA) is 80.5 Å². The van der Waals surface area contributed by atoms with E-state index in [2.05, 4.69) is 10.5 Å². The normalized spacial score (nSPS) is 15.9. The molecule has 3 aromatic carbocycles. The maximum absolute atomic E-state index is 13.2. The maximum atomic E-state index is 13.2. The lowest BCUT2D eigenvalue weighted by molar-refractivity contribution is 0.244. The van der Waals surface area contributed by atoms with Gasteiger partial charge in [-0.2, -0.15) is 4.98 Å². The highest BCUT2D eigenvalue weighted by molar-refractivity contribution is 6.01. The number of carbonyl (C=O) groups excluding carboxylic acids is 1. The number of rotatable bonds is 6. The first-order valence-electron chi connectivity index (χ1n) is 11.1. The number of para-hydroxylation sites is 1. The summed E-state index contributed by atoms with van der Waals surface area (Å²) in [6.45, 7) is 4.45. The molecule has 4 aromatic rings. The quantitative estimate of drug-likeness (QED) is 0.398. The minimum Gasteiger partial charge on any atom is -0.494 e. The van der Waals surface area contributed by atoms with Crippen LogP contribution < -0.4 is 15.0 Å². The molecule has 2 heterocycles. The summed E-state index contributed by atoms with van der Waals surface area (Å²) in [6, 6.07) is 26.2. The molecule has 0 radical (unpaired) electrons. The number of allylic oxidation sites excluding steroid dienone is 1. The summed E-state index contributed by atoms with van der Waals surface area (Å²) in [4.78, 5) is 19.5. The van der Waals surface area contributed by atoms with Crippen LogP contribution in [-0.4, -0.2) is 22.8 Å². The molecule has 1 aliphatic heterocycles. The van der Waals surface area contributed by atoms with Crippen LogP contribution in [0, 0.1) is 0 Å². The fourth-order valence-electron chi connectivity index (χ4n) is 4.12. The molecule has 0 aliphatic carbocycles. The number of urea groups is 1. The van der Waals surface area contributed by atoms with Crippen molar-refractivity contribution in [2.24, 2.45) is 0 Å². The summed E-state index contributed by atoms with van der Waals surface area (Å²) in [5.74, 6) is 1.61. The lowest BCUT2D eigenvalue weighted by atomic mass is 9.94. The first-order valence-corrected chi connectivity index (χ1v) is 11.1. The Bertz CT molecular complexity index is 1320. The van der Waals surface area contributed by atoms with Gasteiger partial charge in [0.2, 0.25) is 5.82 Å². The largest absolute Gasteiger partial charge is 0.494 e. The number of benzene rings is 3. The molecule has 0 saturated heterocycles. The molecule has 0 saturated carbocycles. The molecule has 0 bridgehead atoms. The van der Waals surface area contributed by atoms with Crippen molar-refractivity contribution in [3.8, 4) is 17.1 Å². The summed E-state index contributed by atoms with van der Waals surface area (Å²) in [5, 5.41) is 7.34. The summed E-state index contributed by atoms with van der Waals surface area (Å²) in [5.41, 5.74) is 3.98. The Kier molecular flexibility index (Phi) is 5.82. The van der Waals surface area contributed by atoms with Crippen LogP contribution in [0.15, 0.2) is 95.1 Å². The molecule has 1 atom stereocenters. The Hall–Kier alpha value is -4.39. The van der Waals surface area contributed by atoms with Crippen LogP contribution in [0.3, 0.4) is 0 Å². The number of amides is 2. The molecule has 7 heteroatoms. The molecule has 1 aliphatic rings. The maximum Gasteiger partial charge on any atom is 0.326 e. The van der Waals surface area contributed by atoms with Crippen molar-refractivity contribution in [2.75, 3.05) is 11.5 Å². The van der Waals surface area contributed by atoms with Crippen LogP contribution in [0.4, 0.5) is 10.5 Å². The van der Waals surface area contributed by atoms with E-state index < -0.39 is 6.04 Å². The zero-order valence-electron chi connectivity index (χ0n) is 18.9. The molecule has 1 aromatic heterocycles. The first-order chi connectivity index (χ1) is 16.7. The zero-order chi connectivity index (χ0) is 23.5. The second kappa shape index (κ2) is 9.23. The standard InChI is InChI=1S/C27H24N4O3/c1-3-33-22-16-14-20(15-17-22)25-29-26(34-30-25)23-18(2)31(21-12-8-5-9-13-21)27(32)28-24(23)19-10-6-4-7-11-19/h4-17,24H,3H2,1-2H3,(H,28,32). The van der Waals surface area contributed by atoms with Gasteiger partial charge in [-0.05, 0) is 55.8 Å². The smallest absolute Gasteiger partial charge is 0.326 e. The van der Waals surface area contributed by atoms with Crippen molar-refractivity contribution < 1.29 is 14.1 Å². The van der Waals surface area contributed by atoms with E-state index >= 15 is 0 Å². The van der Waals surface area contributed by atoms with E-state index in [4.69, 9.17) is 14.2 Å². The minimum absolute atomic E-state index is 0.215. The van der Waals surface area contributed by atoms with Gasteiger partial charge in [0.1, 0.15) is 5.75 Å². The van der Waals surface area contributed by atoms with E-state index in [9.17, 15) is 4.79 Å². The number of hydrogen-bond acceptors (Lipinski definition) is 5. The molecule has 2 amide bonds. The van der Waals surface area contributed by atoms with E-state index in [1.54, 1.807) is 4.90 Å². The van der Waals surface area contributed by atoms with Gasteiger partial charge in [-0.3, -0.25) is 4.90 Å². The van der Waals surface area contributed by atoms with Crippen LogP contribution >= 0.6 is 0 Å². The van der Waals surface area contributed by atoms with Crippen molar-refractivity contribution in [3.05, 3.63) is 102 Å². The molecule has 1 N–H and O–H groups in total. The highest BCUT2D eigenvalue weighted by Gasteiger charge is 2.36. The van der Waals surface area contributed by atoms with Gasteiger partial charge in [-0.25, -0.2) is 4.79 Å². The average molecular weight is 453 g/mol. The van der Waals surface area contributed by atoms with Crippen molar-refractivity contribution >= 4 is 17.3 Å². The van der Waals surface area contributed by atoms with Gasteiger partial charge in [0.05, 0.1) is 23.9 Å². The van der Waals surface area contributed by atoms with Crippen LogP contribution in [0.5, 0.6) is 5.75 Å². The summed E-state index contributed by atoms with van der Waals surface area (Å²) in [7, 11) is 0. The minimum atomic E-state index is -0.428. The molecule has 0 fully saturated rings. The van der Waals surface area contributed by atoms with Crippen LogP contribution in [0.2, 0.25) is 0 Å². The Morgan fingerprint density at radius 2 is 1.65 bits per heavy atom. The fourth-order valence-corrected chi connectivity index (χ4v) is 4.12. The van der Waals surface area contributed by atoms with Gasteiger partial charge in [0.25, 0.3) is 5.89 Å². The third-order valence-corrected chi connectivity index (χ3v) is 5.71. The number of ether oxygens (including phenoxy) is 1. The lowest BCUT2D eigenvalue weighted by Crippen LogP contribution is -2.46. The molecule has 5 rings (SSSR count). The Morgan fingerprint density at radius 3 is 2.32 bits per heavy atom. The predicted octanol–water partition coefficient (Wildman–Crippen LogP) is 5.84. The third-order valence-electron chi connectivity index (χ3n) is 5.71. The molecule has 0 spiro atoms. The van der Waals surface area contributed by atoms with Crippen LogP contribution in [0.25, 0.3) is 17.0 Å². The molecule has 34 heavy (non-hydrogen) atoms. The molecule has 170 valence electrons. The first kappa shape index (κ1) is 21.5. The van der Waals surface area contributed by atoms with Gasteiger partial charge in [0, 0.05) is 11.3 Å². The second-order valence-corrected chi connectivity index (χ2v) is 7.84. The van der Waals surface area contributed by atoms with E-state index in [-0.39, 0.29) is 6.03 Å². The number of hydrogen-bond donors (Lipinski definition) is 1. The van der Waals surface area contributed by atoms with E-state index in [0.717, 1.165) is 33.8 Å². The highest BCUT2D eigenvalue weighted by Crippen LogP contribution is 2.39. The van der Waals surface area contributed by atoms with Gasteiger partial charge in [-0.15, -0.1) is 0 Å². The van der Waals surface area contributed by atoms with E-state index in [0.29, 0.717) is 18.3 Å². The van der Waals surface area contributed by atoms with Crippen molar-refractivity contribution in [1.82, 2.24) is 15.5 Å². The molecule has 7 nitrogen and oxygen atoms in total. The van der Waals surface area contributed by atoms with Gasteiger partial charge in [0.15, 0.2) is 0 Å². The summed E-state index contributed by atoms with van der Waals surface area (Å²) < 4.78 is 11.3. The van der Waals surface area contributed by atoms with Crippen molar-refractivity contribution in [2.45, 2.75) is 19.9 Å². The third kappa shape index (κ3) is 4.03. The Morgan fingerprint density at radius 1 is 0.971 bits per heavy atom. The predicted molar refractivity (Wildman–Crippen MR) is 130 cm³/mol. The molecule has 1 unspecified atom stereocenters. The monoisotopic (exact) mass is 452 g/mol. The van der Waals surface area contributed by atoms with Crippen molar-refractivity contribution in [1.29, 1.82) is 0 Å². The Balaban J connectivity index is 1.59. The molecular weight excluding hydrogens is 428 g/mol. The van der Waals surface area contributed by atoms with E-state index in [1.165, 1.54) is 0 Å².